The molecule has 0 fully saturated rings. The molecule has 2 rings (SSSR count). The van der Waals surface area contributed by atoms with Gasteiger partial charge in [0.25, 0.3) is 5.91 Å². The van der Waals surface area contributed by atoms with Gasteiger partial charge in [-0.15, -0.1) is 0 Å². The van der Waals surface area contributed by atoms with Crippen LogP contribution in [0.3, 0.4) is 0 Å². The zero-order valence-electron chi connectivity index (χ0n) is 11.1. The number of anilines is 1. The molecule has 2 aromatic rings. The summed E-state index contributed by atoms with van der Waals surface area (Å²) in [7, 11) is -3.07. The molecule has 0 aliphatic carbocycles. The number of aromatic amines is 1. The molecule has 1 amide bonds. The van der Waals surface area contributed by atoms with Gasteiger partial charge in [-0.2, -0.15) is 0 Å². The molecule has 0 radical (unpaired) electrons. The molecule has 1 heterocycles. The van der Waals surface area contributed by atoms with Crippen LogP contribution >= 0.6 is 0 Å². The second kappa shape index (κ2) is 5.54. The molecule has 0 bridgehead atoms. The van der Waals surface area contributed by atoms with Crippen LogP contribution in [0.4, 0.5) is 5.69 Å². The molecular weight excluding hydrogens is 278 g/mol. The Morgan fingerprint density at radius 3 is 2.80 bits per heavy atom. The van der Waals surface area contributed by atoms with Gasteiger partial charge in [-0.1, -0.05) is 6.92 Å². The maximum Gasteiger partial charge on any atom is 0.267 e. The van der Waals surface area contributed by atoms with Gasteiger partial charge in [-0.3, -0.25) is 4.79 Å². The number of nitrogens with two attached hydrogens (primary N) is 1. The lowest BCUT2D eigenvalue weighted by Gasteiger charge is -2.03. The number of rotatable bonds is 5. The summed E-state index contributed by atoms with van der Waals surface area (Å²) >= 11 is 0. The van der Waals surface area contributed by atoms with Gasteiger partial charge in [-0.25, -0.2) is 8.42 Å². The molecule has 0 saturated heterocycles. The van der Waals surface area contributed by atoms with Crippen molar-refractivity contribution in [2.24, 2.45) is 0 Å². The second-order valence-electron chi connectivity index (χ2n) is 4.52. The smallest absolute Gasteiger partial charge is 0.267 e. The molecule has 20 heavy (non-hydrogen) atoms. The van der Waals surface area contributed by atoms with Crippen LogP contribution in [0.25, 0.3) is 10.9 Å². The number of amides is 1. The molecule has 4 N–H and O–H groups in total. The summed E-state index contributed by atoms with van der Waals surface area (Å²) < 4.78 is 22.6. The Hall–Kier alpha value is -2.02. The number of carbonyl (C=O) groups is 1. The van der Waals surface area contributed by atoms with Gasteiger partial charge in [0.15, 0.2) is 9.84 Å². The van der Waals surface area contributed by atoms with E-state index in [1.165, 1.54) is 0 Å². The highest BCUT2D eigenvalue weighted by atomic mass is 32.2. The van der Waals surface area contributed by atoms with Gasteiger partial charge in [0.2, 0.25) is 0 Å². The predicted molar refractivity (Wildman–Crippen MR) is 79.4 cm³/mol. The normalized spacial score (nSPS) is 11.7. The fraction of sp³-hybridized carbons (Fsp3) is 0.308. The average Bonchev–Trinajstić information content (AvgIpc) is 2.81. The number of sulfone groups is 1. The number of nitrogens with one attached hydrogen (secondary N) is 2. The van der Waals surface area contributed by atoms with Crippen molar-refractivity contribution >= 4 is 32.3 Å². The highest BCUT2D eigenvalue weighted by Crippen LogP contribution is 2.18. The molecule has 1 aromatic carbocycles. The van der Waals surface area contributed by atoms with Crippen molar-refractivity contribution in [3.8, 4) is 0 Å². The zero-order valence-corrected chi connectivity index (χ0v) is 12.0. The Balaban J connectivity index is 2.04. The van der Waals surface area contributed by atoms with E-state index in [-0.39, 0.29) is 24.0 Å². The third-order valence-corrected chi connectivity index (χ3v) is 4.73. The van der Waals surface area contributed by atoms with E-state index in [0.29, 0.717) is 11.4 Å². The van der Waals surface area contributed by atoms with Gasteiger partial charge in [0.1, 0.15) is 5.69 Å². The maximum atomic E-state index is 11.9. The highest BCUT2D eigenvalue weighted by molar-refractivity contribution is 7.91. The maximum absolute atomic E-state index is 11.9. The third-order valence-electron chi connectivity index (χ3n) is 3.03. The standard InChI is InChI=1S/C13H17N3O3S/c1-2-20(18,19)6-5-15-13(17)12-8-9-7-10(14)3-4-11(9)16-12/h3-4,7-8,16H,2,5-6,14H2,1H3,(H,15,17). The van der Waals surface area contributed by atoms with Crippen molar-refractivity contribution in [2.45, 2.75) is 6.92 Å². The van der Waals surface area contributed by atoms with Crippen molar-refractivity contribution in [3.05, 3.63) is 30.0 Å². The highest BCUT2D eigenvalue weighted by Gasteiger charge is 2.11. The lowest BCUT2D eigenvalue weighted by molar-refractivity contribution is 0.0952. The summed E-state index contributed by atoms with van der Waals surface area (Å²) in [5.41, 5.74) is 7.49. The Morgan fingerprint density at radius 2 is 2.10 bits per heavy atom. The summed E-state index contributed by atoms with van der Waals surface area (Å²) in [6.45, 7) is 1.69. The minimum atomic E-state index is -3.07. The van der Waals surface area contributed by atoms with Crippen molar-refractivity contribution in [1.29, 1.82) is 0 Å². The van der Waals surface area contributed by atoms with Crippen LogP contribution in [0.1, 0.15) is 17.4 Å². The minimum Gasteiger partial charge on any atom is -0.399 e. The predicted octanol–water partition coefficient (Wildman–Crippen LogP) is 0.915. The first kappa shape index (κ1) is 14.4. The van der Waals surface area contributed by atoms with Crippen LogP contribution in [-0.4, -0.2) is 37.4 Å². The van der Waals surface area contributed by atoms with E-state index in [1.54, 1.807) is 31.2 Å². The number of benzene rings is 1. The van der Waals surface area contributed by atoms with Crippen molar-refractivity contribution in [3.63, 3.8) is 0 Å². The Labute approximate surface area is 117 Å². The topological polar surface area (TPSA) is 105 Å². The molecule has 0 aliphatic heterocycles. The molecule has 0 saturated carbocycles. The fourth-order valence-corrected chi connectivity index (χ4v) is 2.53. The molecule has 6 nitrogen and oxygen atoms in total. The molecule has 0 spiro atoms. The van der Waals surface area contributed by atoms with Crippen molar-refractivity contribution < 1.29 is 13.2 Å². The van der Waals surface area contributed by atoms with E-state index in [2.05, 4.69) is 10.3 Å². The van der Waals surface area contributed by atoms with Gasteiger partial charge in [-0.05, 0) is 24.3 Å². The number of hydrogen-bond donors (Lipinski definition) is 3. The van der Waals surface area contributed by atoms with Crippen LogP contribution in [-0.2, 0) is 9.84 Å². The third kappa shape index (κ3) is 3.30. The lowest BCUT2D eigenvalue weighted by Crippen LogP contribution is -2.29. The Kier molecular flexibility index (Phi) is 3.99. The SMILES string of the molecule is CCS(=O)(=O)CCNC(=O)c1cc2cc(N)ccc2[nH]1. The van der Waals surface area contributed by atoms with E-state index in [9.17, 15) is 13.2 Å². The summed E-state index contributed by atoms with van der Waals surface area (Å²) in [5, 5.41) is 3.43. The largest absolute Gasteiger partial charge is 0.399 e. The van der Waals surface area contributed by atoms with Crippen LogP contribution < -0.4 is 11.1 Å². The second-order valence-corrected chi connectivity index (χ2v) is 6.99. The van der Waals surface area contributed by atoms with Gasteiger partial charge in [0.05, 0.1) is 5.75 Å². The van der Waals surface area contributed by atoms with E-state index < -0.39 is 9.84 Å². The summed E-state index contributed by atoms with van der Waals surface area (Å²) in [6, 6.07) is 7.00. The van der Waals surface area contributed by atoms with Crippen LogP contribution in [0.15, 0.2) is 24.3 Å². The van der Waals surface area contributed by atoms with E-state index >= 15 is 0 Å². The zero-order chi connectivity index (χ0) is 14.8. The van der Waals surface area contributed by atoms with E-state index in [0.717, 1.165) is 10.9 Å². The summed E-state index contributed by atoms with van der Waals surface area (Å²) in [6.07, 6.45) is 0. The number of aromatic nitrogens is 1. The van der Waals surface area contributed by atoms with Crippen molar-refractivity contribution in [1.82, 2.24) is 10.3 Å². The average molecular weight is 295 g/mol. The minimum absolute atomic E-state index is 0.0532. The Morgan fingerprint density at radius 1 is 1.35 bits per heavy atom. The monoisotopic (exact) mass is 295 g/mol. The lowest BCUT2D eigenvalue weighted by atomic mass is 10.2. The first-order chi connectivity index (χ1) is 9.41. The molecule has 1 aromatic heterocycles. The van der Waals surface area contributed by atoms with Gasteiger partial charge < -0.3 is 16.0 Å². The molecule has 108 valence electrons. The molecule has 0 atom stereocenters. The number of hydrogen-bond acceptors (Lipinski definition) is 4. The molecule has 0 aliphatic rings. The first-order valence-corrected chi connectivity index (χ1v) is 8.10. The van der Waals surface area contributed by atoms with Gasteiger partial charge >= 0.3 is 0 Å². The first-order valence-electron chi connectivity index (χ1n) is 6.28. The fourth-order valence-electron chi connectivity index (χ4n) is 1.83. The molecule has 7 heteroatoms. The van der Waals surface area contributed by atoms with Crippen LogP contribution in [0.5, 0.6) is 0 Å². The van der Waals surface area contributed by atoms with E-state index in [4.69, 9.17) is 5.73 Å². The quantitative estimate of drug-likeness (QED) is 0.713. The van der Waals surface area contributed by atoms with E-state index in [1.807, 2.05) is 0 Å². The van der Waals surface area contributed by atoms with Crippen LogP contribution in [0, 0.1) is 0 Å². The molecule has 0 unspecified atom stereocenters. The number of carbonyl (C=O) groups excluding carboxylic acids is 1. The van der Waals surface area contributed by atoms with Crippen LogP contribution in [0.2, 0.25) is 0 Å². The number of fused-ring (bicyclic) bond motifs is 1. The number of nitrogen functional groups attached to an aromatic ring is 1. The molecular formula is C13H17N3O3S. The van der Waals surface area contributed by atoms with Crippen molar-refractivity contribution in [2.75, 3.05) is 23.8 Å². The number of H-pyrrole nitrogens is 1. The van der Waals surface area contributed by atoms with Gasteiger partial charge in [0, 0.05) is 28.9 Å². The summed E-state index contributed by atoms with van der Waals surface area (Å²) in [4.78, 5) is 14.9. The Bertz CT molecular complexity index is 734. The summed E-state index contributed by atoms with van der Waals surface area (Å²) in [5.74, 6) is -0.303.